The lowest BCUT2D eigenvalue weighted by atomic mass is 10.2. The van der Waals surface area contributed by atoms with Gasteiger partial charge in [-0.2, -0.15) is 0 Å². The Morgan fingerprint density at radius 3 is 2.93 bits per heavy atom. The summed E-state index contributed by atoms with van der Waals surface area (Å²) in [5.41, 5.74) is 0.528. The molecule has 10 heteroatoms. The second-order valence-corrected chi connectivity index (χ2v) is 6.12. The summed E-state index contributed by atoms with van der Waals surface area (Å²) in [6.45, 7) is 3.10. The Hall–Kier alpha value is -3.27. The van der Waals surface area contributed by atoms with Crippen LogP contribution >= 0.6 is 0 Å². The van der Waals surface area contributed by atoms with Gasteiger partial charge in [-0.05, 0) is 38.0 Å². The number of aromatic nitrogens is 2. The molecule has 0 amide bonds. The number of rotatable bonds is 8. The van der Waals surface area contributed by atoms with Crippen LogP contribution in [0, 0.1) is 10.1 Å². The minimum Gasteiger partial charge on any atom is -0.462 e. The molecule has 0 spiro atoms. The number of benzene rings is 1. The quantitative estimate of drug-likeness (QED) is 0.399. The van der Waals surface area contributed by atoms with Crippen molar-refractivity contribution in [2.75, 3.05) is 30.4 Å². The molecule has 148 valence electrons. The summed E-state index contributed by atoms with van der Waals surface area (Å²) in [4.78, 5) is 31.0. The van der Waals surface area contributed by atoms with Crippen LogP contribution in [0.4, 0.5) is 23.0 Å². The lowest BCUT2D eigenvalue weighted by Gasteiger charge is -2.13. The van der Waals surface area contributed by atoms with E-state index in [0.29, 0.717) is 24.4 Å². The van der Waals surface area contributed by atoms with Gasteiger partial charge < -0.3 is 20.1 Å². The topological polar surface area (TPSA) is 129 Å². The van der Waals surface area contributed by atoms with Crippen molar-refractivity contribution in [3.63, 3.8) is 0 Å². The van der Waals surface area contributed by atoms with Crippen molar-refractivity contribution < 1.29 is 19.2 Å². The van der Waals surface area contributed by atoms with Gasteiger partial charge in [0, 0.05) is 18.8 Å². The molecule has 1 aromatic carbocycles. The highest BCUT2D eigenvalue weighted by Gasteiger charge is 2.25. The van der Waals surface area contributed by atoms with Crippen LogP contribution in [0.25, 0.3) is 0 Å². The smallest absolute Gasteiger partial charge is 0.353 e. The summed E-state index contributed by atoms with van der Waals surface area (Å²) < 4.78 is 10.5. The van der Waals surface area contributed by atoms with Gasteiger partial charge in [0.1, 0.15) is 6.33 Å². The lowest BCUT2D eigenvalue weighted by molar-refractivity contribution is -0.383. The Kier molecular flexibility index (Phi) is 6.33. The monoisotopic (exact) mass is 387 g/mol. The molecule has 1 unspecified atom stereocenters. The molecule has 0 radical (unpaired) electrons. The number of carbonyl (C=O) groups excluding carboxylic acids is 1. The van der Waals surface area contributed by atoms with Gasteiger partial charge in [0.25, 0.3) is 0 Å². The molecular formula is C18H21N5O5. The molecule has 2 N–H and O–H groups in total. The maximum atomic E-state index is 11.9. The fourth-order valence-electron chi connectivity index (χ4n) is 2.86. The van der Waals surface area contributed by atoms with Gasteiger partial charge in [0.15, 0.2) is 0 Å². The Morgan fingerprint density at radius 2 is 2.21 bits per heavy atom. The summed E-state index contributed by atoms with van der Waals surface area (Å²) in [5.74, 6) is -0.336. The Balaban J connectivity index is 1.81. The average Bonchev–Trinajstić information content (AvgIpc) is 3.20. The molecule has 1 atom stereocenters. The first-order valence-corrected chi connectivity index (χ1v) is 8.97. The van der Waals surface area contributed by atoms with E-state index in [2.05, 4.69) is 20.6 Å². The average molecular weight is 387 g/mol. The molecule has 1 saturated heterocycles. The molecule has 3 rings (SSSR count). The predicted molar refractivity (Wildman–Crippen MR) is 102 cm³/mol. The molecular weight excluding hydrogens is 366 g/mol. The number of hydrogen-bond acceptors (Lipinski definition) is 9. The minimum atomic E-state index is -0.546. The van der Waals surface area contributed by atoms with Crippen molar-refractivity contribution in [3.8, 4) is 0 Å². The number of hydrogen-bond donors (Lipinski definition) is 2. The van der Waals surface area contributed by atoms with Crippen LogP contribution in [0.3, 0.4) is 0 Å². The number of ether oxygens (including phenoxy) is 2. The number of nitrogens with one attached hydrogen (secondary N) is 2. The van der Waals surface area contributed by atoms with Gasteiger partial charge in [0.05, 0.1) is 23.2 Å². The summed E-state index contributed by atoms with van der Waals surface area (Å²) in [7, 11) is 0. The van der Waals surface area contributed by atoms with Crippen molar-refractivity contribution in [1.29, 1.82) is 0 Å². The van der Waals surface area contributed by atoms with Crippen LogP contribution in [0.2, 0.25) is 0 Å². The highest BCUT2D eigenvalue weighted by atomic mass is 16.6. The number of carbonyl (C=O) groups is 1. The second kappa shape index (κ2) is 9.09. The summed E-state index contributed by atoms with van der Waals surface area (Å²) >= 11 is 0. The van der Waals surface area contributed by atoms with Gasteiger partial charge in [-0.1, -0.05) is 6.07 Å². The van der Waals surface area contributed by atoms with Crippen molar-refractivity contribution in [2.45, 2.75) is 25.9 Å². The summed E-state index contributed by atoms with van der Waals surface area (Å²) in [6, 6.07) is 6.47. The number of nitrogens with zero attached hydrogens (tertiary/aromatic N) is 3. The first kappa shape index (κ1) is 19.5. The third kappa shape index (κ3) is 4.71. The highest BCUT2D eigenvalue weighted by molar-refractivity contribution is 5.91. The second-order valence-electron chi connectivity index (χ2n) is 6.12. The zero-order valence-corrected chi connectivity index (χ0v) is 15.4. The maximum absolute atomic E-state index is 11.9. The molecule has 1 aromatic heterocycles. The molecule has 0 aliphatic carbocycles. The van der Waals surface area contributed by atoms with E-state index in [1.165, 1.54) is 6.33 Å². The zero-order valence-electron chi connectivity index (χ0n) is 15.4. The van der Waals surface area contributed by atoms with Crippen LogP contribution in [-0.4, -0.2) is 46.7 Å². The van der Waals surface area contributed by atoms with Crippen LogP contribution < -0.4 is 10.6 Å². The van der Waals surface area contributed by atoms with E-state index in [1.54, 1.807) is 31.2 Å². The fraction of sp³-hybridized carbons (Fsp3) is 0.389. The van der Waals surface area contributed by atoms with Gasteiger partial charge in [0.2, 0.25) is 11.6 Å². The third-order valence-corrected chi connectivity index (χ3v) is 4.16. The van der Waals surface area contributed by atoms with Crippen molar-refractivity contribution in [2.24, 2.45) is 0 Å². The van der Waals surface area contributed by atoms with E-state index >= 15 is 0 Å². The van der Waals surface area contributed by atoms with Crippen LogP contribution in [0.5, 0.6) is 0 Å². The van der Waals surface area contributed by atoms with E-state index < -0.39 is 10.9 Å². The van der Waals surface area contributed by atoms with Gasteiger partial charge in [-0.3, -0.25) is 10.1 Å². The normalized spacial score (nSPS) is 15.8. The van der Waals surface area contributed by atoms with Gasteiger partial charge in [-0.15, -0.1) is 0 Å². The molecule has 2 aromatic rings. The van der Waals surface area contributed by atoms with Crippen molar-refractivity contribution in [1.82, 2.24) is 9.97 Å². The Labute approximate surface area is 161 Å². The predicted octanol–water partition coefficient (Wildman–Crippen LogP) is 2.90. The Morgan fingerprint density at radius 1 is 1.39 bits per heavy atom. The van der Waals surface area contributed by atoms with E-state index in [0.717, 1.165) is 12.8 Å². The fourth-order valence-corrected chi connectivity index (χ4v) is 2.86. The van der Waals surface area contributed by atoms with Crippen LogP contribution in [0.1, 0.15) is 30.1 Å². The largest absolute Gasteiger partial charge is 0.462 e. The van der Waals surface area contributed by atoms with Gasteiger partial charge >= 0.3 is 11.7 Å². The van der Waals surface area contributed by atoms with Gasteiger partial charge in [-0.25, -0.2) is 14.8 Å². The molecule has 1 aliphatic rings. The summed E-state index contributed by atoms with van der Waals surface area (Å²) in [6.07, 6.45) is 3.12. The molecule has 0 saturated carbocycles. The molecule has 1 fully saturated rings. The van der Waals surface area contributed by atoms with E-state index in [4.69, 9.17) is 9.47 Å². The lowest BCUT2D eigenvalue weighted by Crippen LogP contribution is -2.20. The van der Waals surface area contributed by atoms with E-state index in [9.17, 15) is 14.9 Å². The standard InChI is InChI=1S/C18H21N5O5/c1-2-27-18(24)12-5-3-6-13(9-12)22-17-15(23(25)26)16(20-11-21-17)19-10-14-7-4-8-28-14/h3,5-6,9,11,14H,2,4,7-8,10H2,1H3,(H2,19,20,21,22). The molecule has 28 heavy (non-hydrogen) atoms. The van der Waals surface area contributed by atoms with Crippen LogP contribution in [0.15, 0.2) is 30.6 Å². The Bertz CT molecular complexity index is 854. The molecule has 0 bridgehead atoms. The third-order valence-electron chi connectivity index (χ3n) is 4.16. The zero-order chi connectivity index (χ0) is 19.9. The van der Waals surface area contributed by atoms with Crippen molar-refractivity contribution >= 4 is 29.0 Å². The SMILES string of the molecule is CCOC(=O)c1cccc(Nc2ncnc(NCC3CCCO3)c2[N+](=O)[O-])c1. The van der Waals surface area contributed by atoms with E-state index in [-0.39, 0.29) is 30.0 Å². The number of anilines is 3. The molecule has 1 aliphatic heterocycles. The molecule has 2 heterocycles. The van der Waals surface area contributed by atoms with E-state index in [1.807, 2.05) is 0 Å². The number of nitro groups is 1. The first-order valence-electron chi connectivity index (χ1n) is 8.97. The van der Waals surface area contributed by atoms with Crippen molar-refractivity contribution in [3.05, 3.63) is 46.3 Å². The maximum Gasteiger partial charge on any atom is 0.353 e. The minimum absolute atomic E-state index is 0.00670. The number of esters is 1. The summed E-state index contributed by atoms with van der Waals surface area (Å²) in [5, 5.41) is 17.5. The highest BCUT2D eigenvalue weighted by Crippen LogP contribution is 2.31. The first-order chi connectivity index (χ1) is 13.6. The van der Waals surface area contributed by atoms with Crippen LogP contribution in [-0.2, 0) is 9.47 Å². The molecule has 10 nitrogen and oxygen atoms in total.